The Labute approximate surface area is 146 Å². The number of amides is 1. The van der Waals surface area contributed by atoms with E-state index in [9.17, 15) is 4.79 Å². The summed E-state index contributed by atoms with van der Waals surface area (Å²) < 4.78 is 12.0. The molecule has 3 heterocycles. The van der Waals surface area contributed by atoms with Gasteiger partial charge in [0.1, 0.15) is 5.75 Å². The first kappa shape index (κ1) is 15.9. The van der Waals surface area contributed by atoms with Crippen LogP contribution >= 0.6 is 0 Å². The Morgan fingerprint density at radius 2 is 1.88 bits per heavy atom. The lowest BCUT2D eigenvalue weighted by Gasteiger charge is -2.36. The number of carboxylic acid groups (broad SMARTS) is 1. The Hall–Kier alpha value is -2.60. The van der Waals surface area contributed by atoms with Crippen LogP contribution in [0.15, 0.2) is 42.7 Å². The summed E-state index contributed by atoms with van der Waals surface area (Å²) in [5, 5.41) is 9.04. The van der Waals surface area contributed by atoms with Gasteiger partial charge < -0.3 is 19.5 Å². The van der Waals surface area contributed by atoms with E-state index in [4.69, 9.17) is 14.6 Å². The molecular formula is C19H20N2O4. The summed E-state index contributed by atoms with van der Waals surface area (Å²) in [6.07, 6.45) is 3.94. The normalized spacial score (nSPS) is 20.6. The van der Waals surface area contributed by atoms with Gasteiger partial charge in [-0.15, -0.1) is 0 Å². The minimum atomic E-state index is -0.849. The lowest BCUT2D eigenvalue weighted by molar-refractivity contribution is -0.148. The quantitative estimate of drug-likeness (QED) is 0.907. The van der Waals surface area contributed by atoms with Crippen LogP contribution in [0.5, 0.6) is 5.75 Å². The molecular weight excluding hydrogens is 320 g/mol. The van der Waals surface area contributed by atoms with E-state index in [-0.39, 0.29) is 12.2 Å². The van der Waals surface area contributed by atoms with Gasteiger partial charge in [0.25, 0.3) is 0 Å². The zero-order chi connectivity index (χ0) is 17.2. The lowest BCUT2D eigenvalue weighted by Crippen LogP contribution is -2.43. The smallest absolute Gasteiger partial charge is 0.407 e. The van der Waals surface area contributed by atoms with Crippen molar-refractivity contribution in [2.24, 2.45) is 5.92 Å². The number of ether oxygens (including phenoxy) is 2. The topological polar surface area (TPSA) is 71.9 Å². The summed E-state index contributed by atoms with van der Waals surface area (Å²) in [5.74, 6) is 1.08. The SMILES string of the molecule is O=C(O)N1CCC(C2OCc3cc(-c4ccncc4)ccc3O2)CC1. The Morgan fingerprint density at radius 1 is 1.12 bits per heavy atom. The molecule has 2 aliphatic rings. The van der Waals surface area contributed by atoms with Crippen LogP contribution in [0.4, 0.5) is 4.79 Å². The number of benzene rings is 1. The Kier molecular flexibility index (Phi) is 4.28. The van der Waals surface area contributed by atoms with Crippen molar-refractivity contribution in [2.45, 2.75) is 25.7 Å². The number of fused-ring (bicyclic) bond motifs is 1. The number of aromatic nitrogens is 1. The Morgan fingerprint density at radius 3 is 2.60 bits per heavy atom. The number of likely N-dealkylation sites (tertiary alicyclic amines) is 1. The first-order valence-corrected chi connectivity index (χ1v) is 8.50. The van der Waals surface area contributed by atoms with Crippen LogP contribution in [-0.2, 0) is 11.3 Å². The molecule has 1 saturated heterocycles. The fourth-order valence-corrected chi connectivity index (χ4v) is 3.46. The van der Waals surface area contributed by atoms with Gasteiger partial charge in [0.2, 0.25) is 6.29 Å². The second-order valence-corrected chi connectivity index (χ2v) is 6.46. The number of piperidine rings is 1. The Balaban J connectivity index is 1.45. The molecule has 130 valence electrons. The molecule has 0 spiro atoms. The second-order valence-electron chi connectivity index (χ2n) is 6.46. The number of carbonyl (C=O) groups is 1. The highest BCUT2D eigenvalue weighted by atomic mass is 16.7. The van der Waals surface area contributed by atoms with Crippen LogP contribution in [0.2, 0.25) is 0 Å². The minimum Gasteiger partial charge on any atom is -0.465 e. The van der Waals surface area contributed by atoms with Gasteiger partial charge in [-0.1, -0.05) is 6.07 Å². The molecule has 1 aromatic heterocycles. The van der Waals surface area contributed by atoms with Crippen molar-refractivity contribution in [3.63, 3.8) is 0 Å². The molecule has 1 amide bonds. The van der Waals surface area contributed by atoms with Gasteiger partial charge in [-0.3, -0.25) is 4.98 Å². The van der Waals surface area contributed by atoms with Crippen molar-refractivity contribution in [3.05, 3.63) is 48.3 Å². The number of hydrogen-bond acceptors (Lipinski definition) is 4. The van der Waals surface area contributed by atoms with Crippen molar-refractivity contribution in [2.75, 3.05) is 13.1 Å². The number of rotatable bonds is 2. The third-order valence-corrected chi connectivity index (χ3v) is 4.92. The van der Waals surface area contributed by atoms with Crippen molar-refractivity contribution in [1.82, 2.24) is 9.88 Å². The molecule has 1 fully saturated rings. The van der Waals surface area contributed by atoms with E-state index < -0.39 is 6.09 Å². The molecule has 1 aromatic carbocycles. The van der Waals surface area contributed by atoms with Gasteiger partial charge in [0.05, 0.1) is 6.61 Å². The second kappa shape index (κ2) is 6.72. The Bertz CT molecular complexity index is 757. The molecule has 6 nitrogen and oxygen atoms in total. The summed E-state index contributed by atoms with van der Waals surface area (Å²) in [4.78, 5) is 16.5. The zero-order valence-corrected chi connectivity index (χ0v) is 13.8. The van der Waals surface area contributed by atoms with Gasteiger partial charge >= 0.3 is 6.09 Å². The molecule has 0 aliphatic carbocycles. The van der Waals surface area contributed by atoms with Gasteiger partial charge in [0.15, 0.2) is 0 Å². The maximum atomic E-state index is 11.0. The van der Waals surface area contributed by atoms with Crippen LogP contribution in [0.3, 0.4) is 0 Å². The third-order valence-electron chi connectivity index (χ3n) is 4.92. The van der Waals surface area contributed by atoms with Crippen molar-refractivity contribution < 1.29 is 19.4 Å². The number of hydrogen-bond donors (Lipinski definition) is 1. The highest BCUT2D eigenvalue weighted by Gasteiger charge is 2.32. The average molecular weight is 340 g/mol. The van der Waals surface area contributed by atoms with Gasteiger partial charge in [-0.05, 0) is 48.2 Å². The van der Waals surface area contributed by atoms with Crippen LogP contribution in [0, 0.1) is 5.92 Å². The first-order valence-electron chi connectivity index (χ1n) is 8.50. The number of pyridine rings is 1. The third kappa shape index (κ3) is 3.30. The van der Waals surface area contributed by atoms with Crippen molar-refractivity contribution >= 4 is 6.09 Å². The maximum Gasteiger partial charge on any atom is 0.407 e. The zero-order valence-electron chi connectivity index (χ0n) is 13.8. The van der Waals surface area contributed by atoms with E-state index in [0.29, 0.717) is 19.7 Å². The van der Waals surface area contributed by atoms with Crippen LogP contribution in [-0.4, -0.2) is 40.5 Å². The van der Waals surface area contributed by atoms with Crippen LogP contribution in [0.25, 0.3) is 11.1 Å². The fraction of sp³-hybridized carbons (Fsp3) is 0.368. The molecule has 1 N–H and O–H groups in total. The van der Waals surface area contributed by atoms with E-state index in [1.807, 2.05) is 24.3 Å². The predicted molar refractivity (Wildman–Crippen MR) is 91.2 cm³/mol. The van der Waals surface area contributed by atoms with E-state index in [1.165, 1.54) is 4.90 Å². The standard InChI is InChI=1S/C19H20N2O4/c22-19(23)21-9-5-14(6-10-21)18-24-12-16-11-15(1-2-17(16)25-18)13-3-7-20-8-4-13/h1-4,7-8,11,14,18H,5-6,9-10,12H2,(H,22,23). The molecule has 1 atom stereocenters. The highest BCUT2D eigenvalue weighted by Crippen LogP contribution is 2.34. The molecule has 1 unspecified atom stereocenters. The molecule has 0 radical (unpaired) electrons. The van der Waals surface area contributed by atoms with Gasteiger partial charge in [0, 0.05) is 37.0 Å². The summed E-state index contributed by atoms with van der Waals surface area (Å²) in [6, 6.07) is 10.1. The van der Waals surface area contributed by atoms with E-state index >= 15 is 0 Å². The lowest BCUT2D eigenvalue weighted by atomic mass is 9.95. The van der Waals surface area contributed by atoms with Crippen molar-refractivity contribution in [3.8, 4) is 16.9 Å². The minimum absolute atomic E-state index is 0.226. The van der Waals surface area contributed by atoms with Gasteiger partial charge in [-0.25, -0.2) is 4.79 Å². The fourth-order valence-electron chi connectivity index (χ4n) is 3.46. The molecule has 4 rings (SSSR count). The van der Waals surface area contributed by atoms with E-state index in [2.05, 4.69) is 11.1 Å². The maximum absolute atomic E-state index is 11.0. The average Bonchev–Trinajstić information content (AvgIpc) is 2.68. The summed E-state index contributed by atoms with van der Waals surface area (Å²) in [7, 11) is 0. The van der Waals surface area contributed by atoms with E-state index in [0.717, 1.165) is 35.3 Å². The van der Waals surface area contributed by atoms with E-state index in [1.54, 1.807) is 12.4 Å². The van der Waals surface area contributed by atoms with Crippen LogP contribution in [0.1, 0.15) is 18.4 Å². The number of nitrogens with zero attached hydrogens (tertiary/aromatic N) is 2. The van der Waals surface area contributed by atoms with Crippen molar-refractivity contribution in [1.29, 1.82) is 0 Å². The molecule has 0 bridgehead atoms. The first-order chi connectivity index (χ1) is 12.2. The predicted octanol–water partition coefficient (Wildman–Crippen LogP) is 3.37. The monoisotopic (exact) mass is 340 g/mol. The molecule has 2 aromatic rings. The van der Waals surface area contributed by atoms with Crippen LogP contribution < -0.4 is 4.74 Å². The summed E-state index contributed by atoms with van der Waals surface area (Å²) in [6.45, 7) is 1.59. The molecule has 25 heavy (non-hydrogen) atoms. The van der Waals surface area contributed by atoms with Gasteiger partial charge in [-0.2, -0.15) is 0 Å². The molecule has 0 saturated carbocycles. The summed E-state index contributed by atoms with van der Waals surface area (Å²) >= 11 is 0. The molecule has 2 aliphatic heterocycles. The summed E-state index contributed by atoms with van der Waals surface area (Å²) in [5.41, 5.74) is 3.26. The highest BCUT2D eigenvalue weighted by molar-refractivity contribution is 5.65. The largest absolute Gasteiger partial charge is 0.465 e. The molecule has 6 heteroatoms.